The Morgan fingerprint density at radius 1 is 1.00 bits per heavy atom. The Labute approximate surface area is 211 Å². The Kier molecular flexibility index (Phi) is 7.59. The third-order valence-corrected chi connectivity index (χ3v) is 6.61. The molecule has 1 aliphatic rings. The normalized spacial score (nSPS) is 14.1. The number of benzene rings is 2. The number of nitrogens with zero attached hydrogens (tertiary/aromatic N) is 3. The van der Waals surface area contributed by atoms with Crippen molar-refractivity contribution in [2.75, 3.05) is 46.5 Å². The molecule has 1 fully saturated rings. The molecule has 186 valence electrons. The van der Waals surface area contributed by atoms with E-state index in [1.807, 2.05) is 48.5 Å². The first-order valence-corrected chi connectivity index (χ1v) is 12.5. The van der Waals surface area contributed by atoms with E-state index < -0.39 is 0 Å². The Balaban J connectivity index is 1.39. The van der Waals surface area contributed by atoms with Gasteiger partial charge in [0.2, 0.25) is 5.91 Å². The largest absolute Gasteiger partial charge is 0.497 e. The Morgan fingerprint density at radius 3 is 2.61 bits per heavy atom. The van der Waals surface area contributed by atoms with Crippen LogP contribution >= 0.6 is 0 Å². The molecular formula is C29H32N4O3. The lowest BCUT2D eigenvalue weighted by atomic mass is 10.1. The maximum atomic E-state index is 12.7. The number of imidazole rings is 1. The molecule has 2 aromatic heterocycles. The van der Waals surface area contributed by atoms with E-state index in [9.17, 15) is 4.79 Å². The van der Waals surface area contributed by atoms with Crippen molar-refractivity contribution < 1.29 is 14.3 Å². The van der Waals surface area contributed by atoms with E-state index >= 15 is 0 Å². The molecule has 0 aliphatic carbocycles. The van der Waals surface area contributed by atoms with Crippen LogP contribution in [0.3, 0.4) is 0 Å². The number of fused-ring (bicyclic) bond motifs is 1. The zero-order chi connectivity index (χ0) is 24.7. The van der Waals surface area contributed by atoms with Crippen LogP contribution in [0.1, 0.15) is 12.1 Å². The number of ether oxygens (including phenoxy) is 2. The zero-order valence-electron chi connectivity index (χ0n) is 20.7. The zero-order valence-corrected chi connectivity index (χ0v) is 20.7. The van der Waals surface area contributed by atoms with Gasteiger partial charge in [-0.05, 0) is 41.8 Å². The summed E-state index contributed by atoms with van der Waals surface area (Å²) >= 11 is 0. The van der Waals surface area contributed by atoms with Crippen molar-refractivity contribution in [3.8, 4) is 28.1 Å². The lowest BCUT2D eigenvalue weighted by molar-refractivity contribution is -0.121. The summed E-state index contributed by atoms with van der Waals surface area (Å²) in [5.41, 5.74) is 5.97. The van der Waals surface area contributed by atoms with Crippen molar-refractivity contribution in [1.29, 1.82) is 0 Å². The van der Waals surface area contributed by atoms with Crippen LogP contribution in [0, 0.1) is 0 Å². The fourth-order valence-electron chi connectivity index (χ4n) is 4.63. The SMILES string of the molecule is COc1cccc(-c2nc3ccc(-c4ccccc4)cn3c2CCC(=O)NCCN2CCOCC2)c1. The number of carbonyl (C=O) groups excluding carboxylic acids is 1. The van der Waals surface area contributed by atoms with Gasteiger partial charge < -0.3 is 19.2 Å². The van der Waals surface area contributed by atoms with E-state index in [1.165, 1.54) is 0 Å². The molecule has 4 aromatic rings. The number of aromatic nitrogens is 2. The van der Waals surface area contributed by atoms with Gasteiger partial charge in [0.05, 0.1) is 31.7 Å². The van der Waals surface area contributed by atoms with Crippen molar-refractivity contribution in [3.05, 3.63) is 78.6 Å². The van der Waals surface area contributed by atoms with E-state index in [0.717, 1.165) is 72.3 Å². The average molecular weight is 485 g/mol. The summed E-state index contributed by atoms with van der Waals surface area (Å²) in [4.78, 5) is 20.0. The van der Waals surface area contributed by atoms with Gasteiger partial charge in [0, 0.05) is 44.4 Å². The van der Waals surface area contributed by atoms with Crippen LogP contribution in [0.4, 0.5) is 0 Å². The van der Waals surface area contributed by atoms with Crippen molar-refractivity contribution in [1.82, 2.24) is 19.6 Å². The first-order valence-electron chi connectivity index (χ1n) is 12.5. The molecule has 7 heteroatoms. The van der Waals surface area contributed by atoms with Gasteiger partial charge in [0.25, 0.3) is 0 Å². The number of rotatable bonds is 9. The van der Waals surface area contributed by atoms with E-state index in [2.05, 4.69) is 39.0 Å². The summed E-state index contributed by atoms with van der Waals surface area (Å²) < 4.78 is 13.0. The highest BCUT2D eigenvalue weighted by molar-refractivity contribution is 5.77. The van der Waals surface area contributed by atoms with Gasteiger partial charge in [-0.3, -0.25) is 9.69 Å². The van der Waals surface area contributed by atoms with Crippen LogP contribution in [0.2, 0.25) is 0 Å². The molecule has 5 rings (SSSR count). The maximum Gasteiger partial charge on any atom is 0.220 e. The second-order valence-electron chi connectivity index (χ2n) is 8.96. The third-order valence-electron chi connectivity index (χ3n) is 6.61. The minimum absolute atomic E-state index is 0.0500. The smallest absolute Gasteiger partial charge is 0.220 e. The molecular weight excluding hydrogens is 452 g/mol. The number of amides is 1. The number of pyridine rings is 1. The van der Waals surface area contributed by atoms with Gasteiger partial charge in [-0.1, -0.05) is 42.5 Å². The van der Waals surface area contributed by atoms with E-state index in [1.54, 1.807) is 7.11 Å². The van der Waals surface area contributed by atoms with Gasteiger partial charge in [-0.25, -0.2) is 4.98 Å². The number of hydrogen-bond donors (Lipinski definition) is 1. The summed E-state index contributed by atoms with van der Waals surface area (Å²) in [6.07, 6.45) is 3.09. The quantitative estimate of drug-likeness (QED) is 0.388. The van der Waals surface area contributed by atoms with Gasteiger partial charge in [0.15, 0.2) is 0 Å². The van der Waals surface area contributed by atoms with E-state index in [0.29, 0.717) is 19.4 Å². The van der Waals surface area contributed by atoms with Gasteiger partial charge >= 0.3 is 0 Å². The summed E-state index contributed by atoms with van der Waals surface area (Å²) in [7, 11) is 1.66. The number of nitrogens with one attached hydrogen (secondary N) is 1. The fourth-order valence-corrected chi connectivity index (χ4v) is 4.63. The predicted octanol–water partition coefficient (Wildman–Crippen LogP) is 4.06. The summed E-state index contributed by atoms with van der Waals surface area (Å²) in [5.74, 6) is 0.829. The molecule has 0 saturated carbocycles. The summed E-state index contributed by atoms with van der Waals surface area (Å²) in [5, 5.41) is 3.08. The fraction of sp³-hybridized carbons (Fsp3) is 0.310. The molecule has 0 unspecified atom stereocenters. The van der Waals surface area contributed by atoms with Gasteiger partial charge in [-0.15, -0.1) is 0 Å². The molecule has 0 bridgehead atoms. The molecule has 1 N–H and O–H groups in total. The maximum absolute atomic E-state index is 12.7. The van der Waals surface area contributed by atoms with Crippen molar-refractivity contribution in [2.24, 2.45) is 0 Å². The van der Waals surface area contributed by atoms with Crippen LogP contribution < -0.4 is 10.1 Å². The van der Waals surface area contributed by atoms with Crippen molar-refractivity contribution >= 4 is 11.6 Å². The van der Waals surface area contributed by atoms with Crippen LogP contribution in [0.15, 0.2) is 72.9 Å². The molecule has 1 aliphatic heterocycles. The highest BCUT2D eigenvalue weighted by atomic mass is 16.5. The second-order valence-corrected chi connectivity index (χ2v) is 8.96. The Hall–Kier alpha value is -3.68. The summed E-state index contributed by atoms with van der Waals surface area (Å²) in [6, 6.07) is 22.3. The Bertz CT molecular complexity index is 1310. The van der Waals surface area contributed by atoms with Crippen LogP contribution in [0.25, 0.3) is 28.0 Å². The number of methoxy groups -OCH3 is 1. The van der Waals surface area contributed by atoms with Gasteiger partial charge in [-0.2, -0.15) is 0 Å². The molecule has 0 spiro atoms. The topological polar surface area (TPSA) is 68.1 Å². The van der Waals surface area contributed by atoms with E-state index in [4.69, 9.17) is 14.5 Å². The molecule has 1 amide bonds. The molecule has 36 heavy (non-hydrogen) atoms. The van der Waals surface area contributed by atoms with Crippen molar-refractivity contribution in [2.45, 2.75) is 12.8 Å². The van der Waals surface area contributed by atoms with Crippen LogP contribution in [0.5, 0.6) is 5.75 Å². The number of hydrogen-bond acceptors (Lipinski definition) is 5. The lowest BCUT2D eigenvalue weighted by Crippen LogP contribution is -2.41. The lowest BCUT2D eigenvalue weighted by Gasteiger charge is -2.26. The molecule has 0 atom stereocenters. The average Bonchev–Trinajstić information content (AvgIpc) is 3.31. The number of aryl methyl sites for hydroxylation is 1. The minimum Gasteiger partial charge on any atom is -0.497 e. The van der Waals surface area contributed by atoms with Gasteiger partial charge in [0.1, 0.15) is 11.4 Å². The minimum atomic E-state index is 0.0500. The first-order chi connectivity index (χ1) is 17.7. The highest BCUT2D eigenvalue weighted by Gasteiger charge is 2.17. The highest BCUT2D eigenvalue weighted by Crippen LogP contribution is 2.30. The molecule has 2 aromatic carbocycles. The standard InChI is InChI=1S/C29H32N4O3/c1-35-25-9-5-8-23(20-25)29-26(11-13-28(34)30-14-15-32-16-18-36-19-17-32)33-21-24(10-12-27(33)31-29)22-6-3-2-4-7-22/h2-10,12,20-21H,11,13-19H2,1H3,(H,30,34). The molecule has 0 radical (unpaired) electrons. The van der Waals surface area contributed by atoms with Crippen LogP contribution in [-0.2, 0) is 16.0 Å². The molecule has 7 nitrogen and oxygen atoms in total. The molecule has 3 heterocycles. The third kappa shape index (κ3) is 5.58. The van der Waals surface area contributed by atoms with Crippen molar-refractivity contribution in [3.63, 3.8) is 0 Å². The predicted molar refractivity (Wildman–Crippen MR) is 141 cm³/mol. The molecule has 1 saturated heterocycles. The Morgan fingerprint density at radius 2 is 1.81 bits per heavy atom. The first kappa shape index (κ1) is 24.0. The number of carbonyl (C=O) groups is 1. The second kappa shape index (κ2) is 11.4. The summed E-state index contributed by atoms with van der Waals surface area (Å²) in [6.45, 7) is 4.87. The van der Waals surface area contributed by atoms with E-state index in [-0.39, 0.29) is 5.91 Å². The van der Waals surface area contributed by atoms with Crippen LogP contribution in [-0.4, -0.2) is 66.7 Å². The number of morpholine rings is 1. The monoisotopic (exact) mass is 484 g/mol.